The molecule has 9 nitrogen and oxygen atoms in total. The Morgan fingerprint density at radius 1 is 0.932 bits per heavy atom. The van der Waals surface area contributed by atoms with Gasteiger partial charge in [0.15, 0.2) is 0 Å². The van der Waals surface area contributed by atoms with E-state index in [2.05, 4.69) is 22.3 Å². The van der Waals surface area contributed by atoms with Crippen molar-refractivity contribution in [1.29, 1.82) is 0 Å². The minimum atomic E-state index is -0.547. The van der Waals surface area contributed by atoms with Gasteiger partial charge in [0.25, 0.3) is 0 Å². The van der Waals surface area contributed by atoms with Crippen LogP contribution in [0.25, 0.3) is 0 Å². The van der Waals surface area contributed by atoms with Crippen LogP contribution >= 0.6 is 0 Å². The van der Waals surface area contributed by atoms with Crippen molar-refractivity contribution in [3.05, 3.63) is 83.4 Å². The van der Waals surface area contributed by atoms with Crippen LogP contribution in [0, 0.1) is 0 Å². The molecule has 2 aliphatic rings. The SMILES string of the molecule is COCCCN1CCOc2ccc(COC3CNC[C@@H](O)[C@@H]3c3ccc(OCCCOCc4ccccc4OC)cc3)cc21. The molecular formula is C35H46N2O7. The molecule has 1 unspecified atom stereocenters. The number of aliphatic hydroxyl groups excluding tert-OH is 1. The van der Waals surface area contributed by atoms with Crippen LogP contribution in [0.1, 0.15) is 35.4 Å². The zero-order valence-electron chi connectivity index (χ0n) is 25.9. The first-order valence-electron chi connectivity index (χ1n) is 15.6. The van der Waals surface area contributed by atoms with E-state index in [0.29, 0.717) is 46.1 Å². The normalized spacial score (nSPS) is 19.7. The summed E-state index contributed by atoms with van der Waals surface area (Å²) in [6.45, 7) is 6.53. The Balaban J connectivity index is 1.11. The highest BCUT2D eigenvalue weighted by Gasteiger charge is 2.34. The van der Waals surface area contributed by atoms with Crippen LogP contribution < -0.4 is 24.4 Å². The summed E-state index contributed by atoms with van der Waals surface area (Å²) in [5.74, 6) is 2.41. The highest BCUT2D eigenvalue weighted by Crippen LogP contribution is 2.34. The molecule has 2 heterocycles. The lowest BCUT2D eigenvalue weighted by Gasteiger charge is -2.36. The lowest BCUT2D eigenvalue weighted by atomic mass is 9.85. The van der Waals surface area contributed by atoms with Crippen LogP contribution in [-0.2, 0) is 27.4 Å². The third kappa shape index (κ3) is 8.64. The Bertz CT molecular complexity index is 1290. The number of nitrogens with one attached hydrogen (secondary N) is 1. The summed E-state index contributed by atoms with van der Waals surface area (Å²) in [5.41, 5.74) is 4.26. The fraction of sp³-hybridized carbons (Fsp3) is 0.486. The van der Waals surface area contributed by atoms with E-state index in [1.807, 2.05) is 54.6 Å². The Morgan fingerprint density at radius 3 is 2.64 bits per heavy atom. The van der Waals surface area contributed by atoms with Gasteiger partial charge in [0.2, 0.25) is 0 Å². The highest BCUT2D eigenvalue weighted by atomic mass is 16.5. The smallest absolute Gasteiger partial charge is 0.142 e. The van der Waals surface area contributed by atoms with Crippen molar-refractivity contribution in [3.8, 4) is 17.2 Å². The minimum Gasteiger partial charge on any atom is -0.496 e. The number of hydrogen-bond donors (Lipinski definition) is 2. The summed E-state index contributed by atoms with van der Waals surface area (Å²) in [6, 6.07) is 22.2. The zero-order chi connectivity index (χ0) is 30.6. The van der Waals surface area contributed by atoms with Gasteiger partial charge in [0.1, 0.15) is 23.9 Å². The van der Waals surface area contributed by atoms with Crippen LogP contribution in [-0.4, -0.2) is 84.1 Å². The van der Waals surface area contributed by atoms with E-state index in [0.717, 1.165) is 72.2 Å². The van der Waals surface area contributed by atoms with Crippen LogP contribution in [0.5, 0.6) is 17.2 Å². The second kappa shape index (κ2) is 16.7. The number of benzene rings is 3. The van der Waals surface area contributed by atoms with Gasteiger partial charge in [-0.3, -0.25) is 0 Å². The molecule has 1 saturated heterocycles. The molecule has 0 radical (unpaired) electrons. The average Bonchev–Trinajstić information content (AvgIpc) is 3.06. The second-order valence-corrected chi connectivity index (χ2v) is 11.2. The Hall–Kier alpha value is -3.34. The van der Waals surface area contributed by atoms with Crippen molar-refractivity contribution >= 4 is 5.69 Å². The van der Waals surface area contributed by atoms with Gasteiger partial charge in [0.05, 0.1) is 58.0 Å². The topological polar surface area (TPSA) is 90.9 Å². The lowest BCUT2D eigenvalue weighted by molar-refractivity contribution is -0.0328. The summed E-state index contributed by atoms with van der Waals surface area (Å²) in [6.07, 6.45) is 1.03. The monoisotopic (exact) mass is 606 g/mol. The van der Waals surface area contributed by atoms with E-state index in [9.17, 15) is 5.11 Å². The molecule has 9 heteroatoms. The molecule has 0 aliphatic carbocycles. The fourth-order valence-corrected chi connectivity index (χ4v) is 5.86. The number of aliphatic hydroxyl groups is 1. The molecule has 3 atom stereocenters. The molecule has 5 rings (SSSR count). The lowest BCUT2D eigenvalue weighted by Crippen LogP contribution is -2.49. The highest BCUT2D eigenvalue weighted by molar-refractivity contribution is 5.61. The predicted octanol–water partition coefficient (Wildman–Crippen LogP) is 4.55. The molecule has 0 saturated carbocycles. The number of methoxy groups -OCH3 is 2. The molecule has 238 valence electrons. The van der Waals surface area contributed by atoms with Gasteiger partial charge >= 0.3 is 0 Å². The Morgan fingerprint density at radius 2 is 1.80 bits per heavy atom. The zero-order valence-corrected chi connectivity index (χ0v) is 25.9. The number of nitrogens with zero attached hydrogens (tertiary/aromatic N) is 1. The summed E-state index contributed by atoms with van der Waals surface area (Å²) in [5, 5.41) is 14.3. The van der Waals surface area contributed by atoms with Crippen LogP contribution in [0.4, 0.5) is 5.69 Å². The first-order chi connectivity index (χ1) is 21.7. The quantitative estimate of drug-likeness (QED) is 0.228. The van der Waals surface area contributed by atoms with E-state index in [1.54, 1.807) is 14.2 Å². The maximum absolute atomic E-state index is 11.0. The maximum Gasteiger partial charge on any atom is 0.142 e. The third-order valence-electron chi connectivity index (χ3n) is 8.15. The Kier molecular flexibility index (Phi) is 12.1. The van der Waals surface area contributed by atoms with Crippen molar-refractivity contribution in [2.75, 3.05) is 71.7 Å². The number of β-amino-alcohol motifs (C(OH)–C–C–N with tert-alkyl or cyclic N) is 1. The average molecular weight is 607 g/mol. The first kappa shape index (κ1) is 32.1. The van der Waals surface area contributed by atoms with Crippen molar-refractivity contribution in [2.45, 2.75) is 44.2 Å². The second-order valence-electron chi connectivity index (χ2n) is 11.2. The van der Waals surface area contributed by atoms with E-state index in [1.165, 1.54) is 0 Å². The largest absolute Gasteiger partial charge is 0.496 e. The molecule has 44 heavy (non-hydrogen) atoms. The standard InChI is InChI=1S/C35H46N2O7/c1-39-17-5-15-37-16-20-43-33-14-9-26(21-30(33)37)24-44-34-23-36-22-31(38)35(34)27-10-12-29(13-11-27)42-19-6-18-41-25-28-7-3-4-8-32(28)40-2/h3-4,7-14,21,31,34-36,38H,5-6,15-20,22-25H2,1-2H3/t31-,34?,35+/m1/s1. The summed E-state index contributed by atoms with van der Waals surface area (Å²) >= 11 is 0. The molecule has 3 aromatic carbocycles. The molecule has 3 aromatic rings. The van der Waals surface area contributed by atoms with Gasteiger partial charge in [-0.15, -0.1) is 0 Å². The number of ether oxygens (including phenoxy) is 6. The molecule has 0 aromatic heterocycles. The number of para-hydroxylation sites is 1. The molecule has 2 N–H and O–H groups in total. The maximum atomic E-state index is 11.0. The van der Waals surface area contributed by atoms with E-state index >= 15 is 0 Å². The predicted molar refractivity (Wildman–Crippen MR) is 170 cm³/mol. The van der Waals surface area contributed by atoms with Gasteiger partial charge in [0, 0.05) is 51.3 Å². The van der Waals surface area contributed by atoms with Crippen molar-refractivity contribution < 1.29 is 33.5 Å². The van der Waals surface area contributed by atoms with E-state index < -0.39 is 6.10 Å². The third-order valence-corrected chi connectivity index (χ3v) is 8.15. The van der Waals surface area contributed by atoms with Gasteiger partial charge in [-0.05, 0) is 47.9 Å². The van der Waals surface area contributed by atoms with Crippen LogP contribution in [0.3, 0.4) is 0 Å². The molecule has 1 fully saturated rings. The van der Waals surface area contributed by atoms with E-state index in [-0.39, 0.29) is 12.0 Å². The number of piperidine rings is 1. The first-order valence-corrected chi connectivity index (χ1v) is 15.6. The number of fused-ring (bicyclic) bond motifs is 1. The van der Waals surface area contributed by atoms with Gasteiger partial charge in [-0.25, -0.2) is 0 Å². The summed E-state index contributed by atoms with van der Waals surface area (Å²) < 4.78 is 34.7. The van der Waals surface area contributed by atoms with Gasteiger partial charge in [-0.1, -0.05) is 36.4 Å². The van der Waals surface area contributed by atoms with E-state index in [4.69, 9.17) is 28.4 Å². The molecule has 0 bridgehead atoms. The molecule has 0 spiro atoms. The summed E-state index contributed by atoms with van der Waals surface area (Å²) in [7, 11) is 3.40. The molecular weight excluding hydrogens is 560 g/mol. The van der Waals surface area contributed by atoms with Crippen molar-refractivity contribution in [1.82, 2.24) is 5.32 Å². The fourth-order valence-electron chi connectivity index (χ4n) is 5.86. The number of rotatable bonds is 16. The van der Waals surface area contributed by atoms with Crippen molar-refractivity contribution in [2.24, 2.45) is 0 Å². The van der Waals surface area contributed by atoms with Crippen LogP contribution in [0.2, 0.25) is 0 Å². The summed E-state index contributed by atoms with van der Waals surface area (Å²) in [4.78, 5) is 2.36. The van der Waals surface area contributed by atoms with Gasteiger partial charge < -0.3 is 43.7 Å². The number of anilines is 1. The van der Waals surface area contributed by atoms with Crippen LogP contribution in [0.15, 0.2) is 66.7 Å². The van der Waals surface area contributed by atoms with Crippen molar-refractivity contribution in [3.63, 3.8) is 0 Å². The number of hydrogen-bond acceptors (Lipinski definition) is 9. The minimum absolute atomic E-state index is 0.139. The molecule has 2 aliphatic heterocycles. The Labute approximate surface area is 261 Å². The van der Waals surface area contributed by atoms with Gasteiger partial charge in [-0.2, -0.15) is 0 Å². The molecule has 0 amide bonds.